The number of ether oxygens (including phenoxy) is 1. The smallest absolute Gasteiger partial charge is 0.0474 e. The van der Waals surface area contributed by atoms with Crippen molar-refractivity contribution in [2.75, 3.05) is 46.9 Å². The van der Waals surface area contributed by atoms with Gasteiger partial charge in [0, 0.05) is 33.4 Å². The van der Waals surface area contributed by atoms with Crippen LogP contribution in [0.25, 0.3) is 0 Å². The van der Waals surface area contributed by atoms with Crippen molar-refractivity contribution in [2.24, 2.45) is 5.41 Å². The highest BCUT2D eigenvalue weighted by atomic mass is 16.5. The molecule has 1 unspecified atom stereocenters. The van der Waals surface area contributed by atoms with Gasteiger partial charge in [-0.2, -0.15) is 0 Å². The maximum absolute atomic E-state index is 5.09. The third-order valence-corrected chi connectivity index (χ3v) is 3.80. The van der Waals surface area contributed by atoms with Crippen LogP contribution in [0.15, 0.2) is 0 Å². The highest BCUT2D eigenvalue weighted by Crippen LogP contribution is 2.30. The van der Waals surface area contributed by atoms with Crippen LogP contribution in [0.2, 0.25) is 0 Å². The predicted molar refractivity (Wildman–Crippen MR) is 68.8 cm³/mol. The normalized spacial score (nSPS) is 26.2. The molecule has 16 heavy (non-hydrogen) atoms. The molecule has 3 heteroatoms. The van der Waals surface area contributed by atoms with Gasteiger partial charge in [-0.3, -0.25) is 0 Å². The summed E-state index contributed by atoms with van der Waals surface area (Å²) in [6, 6.07) is 0. The Morgan fingerprint density at radius 3 is 2.81 bits per heavy atom. The van der Waals surface area contributed by atoms with Crippen LogP contribution in [0.4, 0.5) is 0 Å². The van der Waals surface area contributed by atoms with Gasteiger partial charge in [0.15, 0.2) is 0 Å². The monoisotopic (exact) mass is 228 g/mol. The number of methoxy groups -OCH3 is 1. The van der Waals surface area contributed by atoms with Gasteiger partial charge in [0.25, 0.3) is 0 Å². The first-order chi connectivity index (χ1) is 7.72. The van der Waals surface area contributed by atoms with Gasteiger partial charge in [0.2, 0.25) is 0 Å². The van der Waals surface area contributed by atoms with Gasteiger partial charge in [-0.25, -0.2) is 0 Å². The lowest BCUT2D eigenvalue weighted by Gasteiger charge is -2.40. The zero-order valence-corrected chi connectivity index (χ0v) is 11.2. The van der Waals surface area contributed by atoms with E-state index in [1.54, 1.807) is 7.11 Å². The van der Waals surface area contributed by atoms with Crippen molar-refractivity contribution in [3.63, 3.8) is 0 Å². The highest BCUT2D eigenvalue weighted by Gasteiger charge is 2.30. The van der Waals surface area contributed by atoms with Crippen LogP contribution < -0.4 is 5.32 Å². The zero-order valence-electron chi connectivity index (χ0n) is 11.2. The average molecular weight is 228 g/mol. The summed E-state index contributed by atoms with van der Waals surface area (Å²) in [7, 11) is 4.01. The summed E-state index contributed by atoms with van der Waals surface area (Å²) in [5.74, 6) is 0. The summed E-state index contributed by atoms with van der Waals surface area (Å²) >= 11 is 0. The Balaban J connectivity index is 2.30. The minimum absolute atomic E-state index is 0.514. The lowest BCUT2D eigenvalue weighted by molar-refractivity contribution is 0.117. The quantitative estimate of drug-likeness (QED) is 0.672. The van der Waals surface area contributed by atoms with Crippen molar-refractivity contribution in [1.82, 2.24) is 10.2 Å². The molecule has 1 atom stereocenters. The number of nitrogens with zero attached hydrogens (tertiary/aromatic N) is 1. The Kier molecular flexibility index (Phi) is 6.32. The van der Waals surface area contributed by atoms with Crippen molar-refractivity contribution in [3.05, 3.63) is 0 Å². The Labute approximate surface area is 101 Å². The molecule has 1 heterocycles. The second-order valence-corrected chi connectivity index (χ2v) is 5.22. The molecule has 96 valence electrons. The van der Waals surface area contributed by atoms with E-state index in [1.807, 2.05) is 0 Å². The average Bonchev–Trinajstić information content (AvgIpc) is 2.30. The first kappa shape index (κ1) is 13.9. The van der Waals surface area contributed by atoms with Crippen LogP contribution in [0, 0.1) is 5.41 Å². The molecule has 0 spiro atoms. The molecule has 1 saturated heterocycles. The number of hydrogen-bond donors (Lipinski definition) is 1. The van der Waals surface area contributed by atoms with E-state index < -0.39 is 0 Å². The van der Waals surface area contributed by atoms with Gasteiger partial charge in [-0.1, -0.05) is 6.92 Å². The zero-order chi connectivity index (χ0) is 11.9. The van der Waals surface area contributed by atoms with Gasteiger partial charge in [0.05, 0.1) is 0 Å². The molecule has 0 aromatic rings. The predicted octanol–water partition coefficient (Wildman–Crippen LogP) is 1.73. The molecule has 0 aliphatic carbocycles. The molecule has 1 fully saturated rings. The van der Waals surface area contributed by atoms with Gasteiger partial charge in [0.1, 0.15) is 0 Å². The molecule has 0 bridgehead atoms. The summed E-state index contributed by atoms with van der Waals surface area (Å²) in [5.41, 5.74) is 0.514. The summed E-state index contributed by atoms with van der Waals surface area (Å²) in [6.07, 6.45) is 5.14. The third-order valence-electron chi connectivity index (χ3n) is 3.80. The largest absolute Gasteiger partial charge is 0.385 e. The standard InChI is InChI=1S/C13H28N2O/c1-4-13(7-5-8-14-11-13)12-15(2)9-6-10-16-3/h14H,4-12H2,1-3H3. The third kappa shape index (κ3) is 4.40. The van der Waals surface area contributed by atoms with Gasteiger partial charge in [-0.15, -0.1) is 0 Å². The van der Waals surface area contributed by atoms with E-state index in [0.717, 1.165) is 19.6 Å². The van der Waals surface area contributed by atoms with Crippen molar-refractivity contribution >= 4 is 0 Å². The number of nitrogens with one attached hydrogen (secondary N) is 1. The fourth-order valence-corrected chi connectivity index (χ4v) is 2.71. The van der Waals surface area contributed by atoms with Gasteiger partial charge < -0.3 is 15.0 Å². The van der Waals surface area contributed by atoms with E-state index in [1.165, 1.54) is 38.9 Å². The molecular weight excluding hydrogens is 200 g/mol. The van der Waals surface area contributed by atoms with Crippen molar-refractivity contribution in [2.45, 2.75) is 32.6 Å². The first-order valence-electron chi connectivity index (χ1n) is 6.61. The van der Waals surface area contributed by atoms with Crippen LogP contribution in [-0.2, 0) is 4.74 Å². The van der Waals surface area contributed by atoms with E-state index in [4.69, 9.17) is 4.74 Å². The summed E-state index contributed by atoms with van der Waals surface area (Å²) in [6.45, 7) is 7.97. The minimum atomic E-state index is 0.514. The highest BCUT2D eigenvalue weighted by molar-refractivity contribution is 4.86. The Hall–Kier alpha value is -0.120. The van der Waals surface area contributed by atoms with Gasteiger partial charge in [-0.05, 0) is 44.7 Å². The maximum atomic E-state index is 5.09. The molecule has 0 radical (unpaired) electrons. The molecule has 1 rings (SSSR count). The van der Waals surface area contributed by atoms with Crippen LogP contribution in [0.1, 0.15) is 32.6 Å². The fraction of sp³-hybridized carbons (Fsp3) is 1.00. The number of hydrogen-bond acceptors (Lipinski definition) is 3. The summed E-state index contributed by atoms with van der Waals surface area (Å²) in [5, 5.41) is 3.55. The van der Waals surface area contributed by atoms with Gasteiger partial charge >= 0.3 is 0 Å². The number of piperidine rings is 1. The molecule has 0 aromatic carbocycles. The molecule has 3 nitrogen and oxygen atoms in total. The number of rotatable bonds is 7. The van der Waals surface area contributed by atoms with Crippen LogP contribution in [-0.4, -0.2) is 51.8 Å². The van der Waals surface area contributed by atoms with E-state index in [0.29, 0.717) is 5.41 Å². The van der Waals surface area contributed by atoms with Crippen LogP contribution in [0.5, 0.6) is 0 Å². The molecule has 0 saturated carbocycles. The molecule has 1 aliphatic rings. The Bertz CT molecular complexity index is 179. The molecule has 0 aromatic heterocycles. The lowest BCUT2D eigenvalue weighted by atomic mass is 9.78. The summed E-state index contributed by atoms with van der Waals surface area (Å²) in [4.78, 5) is 2.47. The van der Waals surface area contributed by atoms with Crippen molar-refractivity contribution < 1.29 is 4.74 Å². The SMILES string of the molecule is CCC1(CN(C)CCCOC)CCCNC1. The van der Waals surface area contributed by atoms with Crippen molar-refractivity contribution in [3.8, 4) is 0 Å². The second-order valence-electron chi connectivity index (χ2n) is 5.22. The van der Waals surface area contributed by atoms with Crippen molar-refractivity contribution in [1.29, 1.82) is 0 Å². The van der Waals surface area contributed by atoms with E-state index in [2.05, 4.69) is 24.2 Å². The summed E-state index contributed by atoms with van der Waals surface area (Å²) < 4.78 is 5.09. The fourth-order valence-electron chi connectivity index (χ4n) is 2.71. The topological polar surface area (TPSA) is 24.5 Å². The Morgan fingerprint density at radius 1 is 1.44 bits per heavy atom. The van der Waals surface area contributed by atoms with E-state index in [9.17, 15) is 0 Å². The lowest BCUT2D eigenvalue weighted by Crippen LogP contribution is -2.46. The van der Waals surface area contributed by atoms with Crippen LogP contribution >= 0.6 is 0 Å². The van der Waals surface area contributed by atoms with E-state index in [-0.39, 0.29) is 0 Å². The Morgan fingerprint density at radius 2 is 2.25 bits per heavy atom. The maximum Gasteiger partial charge on any atom is 0.0474 e. The molecule has 1 aliphatic heterocycles. The van der Waals surface area contributed by atoms with E-state index >= 15 is 0 Å². The molecule has 0 amide bonds. The van der Waals surface area contributed by atoms with Crippen LogP contribution in [0.3, 0.4) is 0 Å². The molecular formula is C13H28N2O. The molecule has 1 N–H and O–H groups in total. The first-order valence-corrected chi connectivity index (χ1v) is 6.61. The minimum Gasteiger partial charge on any atom is -0.385 e. The second kappa shape index (κ2) is 7.25.